The van der Waals surface area contributed by atoms with Gasteiger partial charge in [-0.1, -0.05) is 43.6 Å². The van der Waals surface area contributed by atoms with Crippen LogP contribution in [-0.4, -0.2) is 22.4 Å². The Balaban J connectivity index is 2.40. The number of halogens is 1. The molecule has 2 aromatic rings. The van der Waals surface area contributed by atoms with Gasteiger partial charge < -0.3 is 9.47 Å². The molecule has 0 fully saturated rings. The van der Waals surface area contributed by atoms with Gasteiger partial charge in [0.1, 0.15) is 0 Å². The first-order chi connectivity index (χ1) is 10.8. The van der Waals surface area contributed by atoms with Crippen LogP contribution in [0.25, 0.3) is 0 Å². The normalized spacial score (nSPS) is 12.3. The van der Waals surface area contributed by atoms with Crippen molar-refractivity contribution < 1.29 is 4.79 Å². The molecule has 0 aliphatic heterocycles. The van der Waals surface area contributed by atoms with E-state index in [1.165, 1.54) is 10.6 Å². The Morgan fingerprint density at radius 2 is 1.87 bits per heavy atom. The molecule has 0 radical (unpaired) electrons. The van der Waals surface area contributed by atoms with E-state index in [-0.39, 0.29) is 23.4 Å². The molecule has 0 N–H and O–H groups in total. The van der Waals surface area contributed by atoms with Crippen LogP contribution in [0.5, 0.6) is 0 Å². The van der Waals surface area contributed by atoms with Crippen LogP contribution >= 0.6 is 11.6 Å². The maximum absolute atomic E-state index is 12.8. The van der Waals surface area contributed by atoms with Gasteiger partial charge in [0.2, 0.25) is 0 Å². The summed E-state index contributed by atoms with van der Waals surface area (Å²) in [5.41, 5.74) is 1.08. The van der Waals surface area contributed by atoms with Gasteiger partial charge in [-0.15, -0.1) is 0 Å². The maximum Gasteiger partial charge on any atom is 0.254 e. The molecule has 0 spiro atoms. The van der Waals surface area contributed by atoms with Crippen LogP contribution in [-0.2, 0) is 7.05 Å². The van der Waals surface area contributed by atoms with Gasteiger partial charge in [0.25, 0.3) is 11.5 Å². The third-order valence-corrected chi connectivity index (χ3v) is 4.29. The van der Waals surface area contributed by atoms with E-state index in [0.29, 0.717) is 10.6 Å². The fourth-order valence-electron chi connectivity index (χ4n) is 2.74. The Bertz CT molecular complexity index is 768. The molecule has 1 heterocycles. The summed E-state index contributed by atoms with van der Waals surface area (Å²) in [7, 11) is 3.40. The first-order valence-electron chi connectivity index (χ1n) is 7.51. The fourth-order valence-corrected chi connectivity index (χ4v) is 2.99. The van der Waals surface area contributed by atoms with Crippen molar-refractivity contribution in [1.29, 1.82) is 0 Å². The molecule has 122 valence electrons. The van der Waals surface area contributed by atoms with E-state index in [1.807, 2.05) is 38.1 Å². The number of aryl methyl sites for hydroxylation is 1. The molecule has 0 bridgehead atoms. The minimum absolute atomic E-state index is 0.166. The summed E-state index contributed by atoms with van der Waals surface area (Å²) in [6.45, 7) is 4.09. The summed E-state index contributed by atoms with van der Waals surface area (Å²) in [4.78, 5) is 26.2. The Hall–Kier alpha value is -2.07. The number of hydrogen-bond donors (Lipinski definition) is 0. The molecule has 4 nitrogen and oxygen atoms in total. The van der Waals surface area contributed by atoms with Gasteiger partial charge >= 0.3 is 0 Å². The molecule has 0 aliphatic rings. The van der Waals surface area contributed by atoms with Gasteiger partial charge in [0.15, 0.2) is 0 Å². The lowest BCUT2D eigenvalue weighted by molar-refractivity contribution is 0.0687. The van der Waals surface area contributed by atoms with Crippen LogP contribution in [0.3, 0.4) is 0 Å². The van der Waals surface area contributed by atoms with E-state index in [2.05, 4.69) is 0 Å². The molecule has 0 unspecified atom stereocenters. The van der Waals surface area contributed by atoms with Crippen molar-refractivity contribution in [2.75, 3.05) is 7.05 Å². The molecule has 2 rings (SSSR count). The number of carbonyl (C=O) groups is 1. The second-order valence-electron chi connectivity index (χ2n) is 5.99. The average molecular weight is 333 g/mol. The second-order valence-corrected chi connectivity index (χ2v) is 6.40. The highest BCUT2D eigenvalue weighted by Gasteiger charge is 2.27. The summed E-state index contributed by atoms with van der Waals surface area (Å²) in [6.07, 6.45) is 1.60. The summed E-state index contributed by atoms with van der Waals surface area (Å²) in [6, 6.07) is 10.4. The molecule has 5 heteroatoms. The van der Waals surface area contributed by atoms with E-state index in [0.717, 1.165) is 5.56 Å². The molecule has 1 amide bonds. The van der Waals surface area contributed by atoms with Crippen molar-refractivity contribution in [3.8, 4) is 0 Å². The van der Waals surface area contributed by atoms with E-state index in [9.17, 15) is 9.59 Å². The van der Waals surface area contributed by atoms with E-state index >= 15 is 0 Å². The summed E-state index contributed by atoms with van der Waals surface area (Å²) < 4.78 is 1.44. The number of hydrogen-bond acceptors (Lipinski definition) is 2. The fraction of sp³-hybridized carbons (Fsp3) is 0.333. The predicted octanol–water partition coefficient (Wildman–Crippen LogP) is 3.51. The number of nitrogens with zero attached hydrogens (tertiary/aromatic N) is 2. The quantitative estimate of drug-likeness (QED) is 0.859. The molecule has 0 saturated heterocycles. The van der Waals surface area contributed by atoms with Gasteiger partial charge in [0.05, 0.1) is 6.04 Å². The first kappa shape index (κ1) is 17.3. The summed E-state index contributed by atoms with van der Waals surface area (Å²) in [5.74, 6) is -0.0169. The summed E-state index contributed by atoms with van der Waals surface area (Å²) >= 11 is 6.31. The number of carbonyl (C=O) groups excluding carboxylic acids is 1. The Labute approximate surface area is 141 Å². The van der Waals surface area contributed by atoms with Crippen LogP contribution in [0.4, 0.5) is 0 Å². The van der Waals surface area contributed by atoms with E-state index in [1.54, 1.807) is 31.3 Å². The van der Waals surface area contributed by atoms with Crippen molar-refractivity contribution in [3.63, 3.8) is 0 Å². The first-order valence-corrected chi connectivity index (χ1v) is 7.89. The lowest BCUT2D eigenvalue weighted by Gasteiger charge is -2.32. The van der Waals surface area contributed by atoms with Crippen LogP contribution in [0.15, 0.2) is 47.4 Å². The number of aromatic nitrogens is 1. The van der Waals surface area contributed by atoms with Crippen molar-refractivity contribution in [3.05, 3.63) is 69.1 Å². The zero-order valence-corrected chi connectivity index (χ0v) is 14.5. The Morgan fingerprint density at radius 1 is 1.22 bits per heavy atom. The van der Waals surface area contributed by atoms with Gasteiger partial charge in [0, 0.05) is 36.9 Å². The molecular weight excluding hydrogens is 312 g/mol. The standard InChI is InChI=1S/C18H21ClN2O2/c1-12(2)17(14-7-5-6-8-15(14)19)21(4)18(23)13-9-10-20(3)16(22)11-13/h5-12,17H,1-4H3/t17-/m0/s1. The van der Waals surface area contributed by atoms with Gasteiger partial charge in [-0.3, -0.25) is 9.59 Å². The molecule has 0 saturated carbocycles. The summed E-state index contributed by atoms with van der Waals surface area (Å²) in [5, 5.41) is 0.634. The third-order valence-electron chi connectivity index (χ3n) is 3.94. The van der Waals surface area contributed by atoms with Crippen molar-refractivity contribution in [2.24, 2.45) is 13.0 Å². The predicted molar refractivity (Wildman–Crippen MR) is 92.8 cm³/mol. The third kappa shape index (κ3) is 3.64. The zero-order chi connectivity index (χ0) is 17.1. The van der Waals surface area contributed by atoms with Gasteiger partial charge in [-0.05, 0) is 23.6 Å². The number of pyridine rings is 1. The van der Waals surface area contributed by atoms with Crippen LogP contribution in [0.2, 0.25) is 5.02 Å². The molecule has 0 aliphatic carbocycles. The molecule has 1 aromatic carbocycles. The number of benzene rings is 1. The maximum atomic E-state index is 12.8. The average Bonchev–Trinajstić information content (AvgIpc) is 2.51. The highest BCUT2D eigenvalue weighted by Crippen LogP contribution is 2.33. The minimum atomic E-state index is -0.205. The molecule has 1 aromatic heterocycles. The lowest BCUT2D eigenvalue weighted by atomic mass is 9.94. The van der Waals surface area contributed by atoms with Crippen LogP contribution < -0.4 is 5.56 Å². The highest BCUT2D eigenvalue weighted by atomic mass is 35.5. The highest BCUT2D eigenvalue weighted by molar-refractivity contribution is 6.31. The molecule has 23 heavy (non-hydrogen) atoms. The monoisotopic (exact) mass is 332 g/mol. The number of amides is 1. The molecule has 1 atom stereocenters. The van der Waals surface area contributed by atoms with E-state index in [4.69, 9.17) is 11.6 Å². The lowest BCUT2D eigenvalue weighted by Crippen LogP contribution is -2.35. The van der Waals surface area contributed by atoms with Crippen LogP contribution in [0.1, 0.15) is 35.8 Å². The van der Waals surface area contributed by atoms with Crippen molar-refractivity contribution in [2.45, 2.75) is 19.9 Å². The molecular formula is C18H21ClN2O2. The second kappa shape index (κ2) is 7.01. The van der Waals surface area contributed by atoms with Crippen LogP contribution in [0, 0.1) is 5.92 Å². The zero-order valence-electron chi connectivity index (χ0n) is 13.8. The Kier molecular flexibility index (Phi) is 5.26. The number of rotatable bonds is 4. The van der Waals surface area contributed by atoms with Crippen molar-refractivity contribution in [1.82, 2.24) is 9.47 Å². The minimum Gasteiger partial charge on any atom is -0.334 e. The topological polar surface area (TPSA) is 42.3 Å². The largest absolute Gasteiger partial charge is 0.334 e. The van der Waals surface area contributed by atoms with E-state index < -0.39 is 0 Å². The smallest absolute Gasteiger partial charge is 0.254 e. The van der Waals surface area contributed by atoms with Crippen molar-refractivity contribution >= 4 is 17.5 Å². The SMILES string of the molecule is CC(C)[C@@H](c1ccccc1Cl)N(C)C(=O)c1ccn(C)c(=O)c1. The Morgan fingerprint density at radius 3 is 2.43 bits per heavy atom. The van der Waals surface area contributed by atoms with Gasteiger partial charge in [-0.25, -0.2) is 0 Å². The van der Waals surface area contributed by atoms with Gasteiger partial charge in [-0.2, -0.15) is 0 Å².